The average Bonchev–Trinajstić information content (AvgIpc) is 2.49. The third-order valence-corrected chi connectivity index (χ3v) is 3.45. The van der Waals surface area contributed by atoms with Gasteiger partial charge in [-0.25, -0.2) is 0 Å². The van der Waals surface area contributed by atoms with Crippen LogP contribution in [-0.4, -0.2) is 32.7 Å². The van der Waals surface area contributed by atoms with Gasteiger partial charge in [-0.3, -0.25) is 0 Å². The molecule has 4 nitrogen and oxygen atoms in total. The van der Waals surface area contributed by atoms with Gasteiger partial charge in [-0.2, -0.15) is 5.26 Å². The minimum Gasteiger partial charge on any atom is -0.381 e. The van der Waals surface area contributed by atoms with Crippen LogP contribution in [0.4, 0.5) is 0 Å². The lowest BCUT2D eigenvalue weighted by atomic mass is 10.2. The van der Waals surface area contributed by atoms with E-state index in [1.165, 1.54) is 25.7 Å². The predicted molar refractivity (Wildman–Crippen MR) is 78.3 cm³/mol. The van der Waals surface area contributed by atoms with E-state index in [1.807, 2.05) is 0 Å². The Morgan fingerprint density at radius 3 is 2.40 bits per heavy atom. The molecule has 1 aliphatic heterocycles. The molecule has 1 unspecified atom stereocenters. The summed E-state index contributed by atoms with van der Waals surface area (Å²) in [7, 11) is 0. The second-order valence-corrected chi connectivity index (χ2v) is 5.31. The summed E-state index contributed by atoms with van der Waals surface area (Å²) in [6.07, 6.45) is 10.8. The van der Waals surface area contributed by atoms with Crippen molar-refractivity contribution in [2.45, 2.75) is 70.5 Å². The van der Waals surface area contributed by atoms with Gasteiger partial charge in [0, 0.05) is 32.8 Å². The minimum atomic E-state index is 0.0560. The summed E-state index contributed by atoms with van der Waals surface area (Å²) in [5.74, 6) is 0. The zero-order valence-electron chi connectivity index (χ0n) is 12.6. The highest BCUT2D eigenvalue weighted by molar-refractivity contribution is 4.67. The molecule has 1 saturated heterocycles. The summed E-state index contributed by atoms with van der Waals surface area (Å²) in [6, 6.07) is 2.15. The number of ether oxygens (including phenoxy) is 3. The van der Waals surface area contributed by atoms with Crippen molar-refractivity contribution in [2.24, 2.45) is 0 Å². The van der Waals surface area contributed by atoms with Gasteiger partial charge in [0.25, 0.3) is 0 Å². The van der Waals surface area contributed by atoms with E-state index in [2.05, 4.69) is 6.07 Å². The highest BCUT2D eigenvalue weighted by Gasteiger charge is 2.13. The second-order valence-electron chi connectivity index (χ2n) is 5.31. The van der Waals surface area contributed by atoms with Crippen molar-refractivity contribution in [2.75, 3.05) is 26.4 Å². The predicted octanol–water partition coefficient (Wildman–Crippen LogP) is 3.80. The number of nitrogens with zero attached hydrogens (tertiary/aromatic N) is 1. The molecule has 0 radical (unpaired) electrons. The first-order chi connectivity index (χ1) is 9.93. The summed E-state index contributed by atoms with van der Waals surface area (Å²) < 4.78 is 16.7. The highest BCUT2D eigenvalue weighted by Crippen LogP contribution is 2.14. The van der Waals surface area contributed by atoms with E-state index in [4.69, 9.17) is 19.5 Å². The molecule has 1 rings (SSSR count). The van der Waals surface area contributed by atoms with Crippen LogP contribution in [0.2, 0.25) is 0 Å². The van der Waals surface area contributed by atoms with Crippen LogP contribution >= 0.6 is 0 Å². The lowest BCUT2D eigenvalue weighted by molar-refractivity contribution is -0.162. The van der Waals surface area contributed by atoms with Crippen LogP contribution in [0.3, 0.4) is 0 Å². The number of rotatable bonds is 12. The Balaban J connectivity index is 1.71. The van der Waals surface area contributed by atoms with Crippen molar-refractivity contribution < 1.29 is 14.2 Å². The number of hydrogen-bond acceptors (Lipinski definition) is 4. The van der Waals surface area contributed by atoms with E-state index in [1.54, 1.807) is 0 Å². The van der Waals surface area contributed by atoms with Gasteiger partial charge in [-0.15, -0.1) is 0 Å². The molecule has 0 aromatic carbocycles. The van der Waals surface area contributed by atoms with Crippen LogP contribution in [0.15, 0.2) is 0 Å². The standard InChI is InChI=1S/C16H29NO3/c17-11-5-3-7-13-18-12-6-1-2-8-14-19-16-10-4-9-15-20-16/h16H,1-10,12-15H2. The summed E-state index contributed by atoms with van der Waals surface area (Å²) in [5, 5.41) is 8.38. The van der Waals surface area contributed by atoms with E-state index < -0.39 is 0 Å². The van der Waals surface area contributed by atoms with Gasteiger partial charge in [0.1, 0.15) is 0 Å². The Bertz CT molecular complexity index is 247. The molecule has 1 heterocycles. The number of hydrogen-bond donors (Lipinski definition) is 0. The Morgan fingerprint density at radius 2 is 1.70 bits per heavy atom. The van der Waals surface area contributed by atoms with Crippen molar-refractivity contribution in [3.8, 4) is 6.07 Å². The Kier molecular flexibility index (Phi) is 11.6. The third-order valence-electron chi connectivity index (χ3n) is 3.45. The summed E-state index contributed by atoms with van der Waals surface area (Å²) in [5.41, 5.74) is 0. The summed E-state index contributed by atoms with van der Waals surface area (Å²) >= 11 is 0. The van der Waals surface area contributed by atoms with Crippen LogP contribution in [0.5, 0.6) is 0 Å². The maximum atomic E-state index is 8.38. The lowest BCUT2D eigenvalue weighted by Gasteiger charge is -2.22. The van der Waals surface area contributed by atoms with Crippen molar-refractivity contribution in [3.05, 3.63) is 0 Å². The van der Waals surface area contributed by atoms with Crippen LogP contribution in [0.1, 0.15) is 64.2 Å². The third kappa shape index (κ3) is 10.2. The van der Waals surface area contributed by atoms with E-state index in [0.29, 0.717) is 6.42 Å². The molecule has 116 valence electrons. The van der Waals surface area contributed by atoms with Crippen molar-refractivity contribution in [1.82, 2.24) is 0 Å². The zero-order chi connectivity index (χ0) is 14.3. The number of unbranched alkanes of at least 4 members (excludes halogenated alkanes) is 5. The van der Waals surface area contributed by atoms with E-state index in [-0.39, 0.29) is 6.29 Å². The SMILES string of the molecule is N#CCCCCOCCCCCCOC1CCCCO1. The van der Waals surface area contributed by atoms with Crippen LogP contribution in [0.25, 0.3) is 0 Å². The monoisotopic (exact) mass is 283 g/mol. The first-order valence-electron chi connectivity index (χ1n) is 8.11. The summed E-state index contributed by atoms with van der Waals surface area (Å²) in [4.78, 5) is 0. The van der Waals surface area contributed by atoms with Gasteiger partial charge in [0.05, 0.1) is 6.07 Å². The molecule has 0 amide bonds. The molecule has 0 aromatic heterocycles. The van der Waals surface area contributed by atoms with E-state index in [0.717, 1.165) is 58.5 Å². The van der Waals surface area contributed by atoms with E-state index in [9.17, 15) is 0 Å². The molecule has 0 aliphatic carbocycles. The second kappa shape index (κ2) is 13.4. The van der Waals surface area contributed by atoms with Crippen LogP contribution in [-0.2, 0) is 14.2 Å². The van der Waals surface area contributed by atoms with Gasteiger partial charge < -0.3 is 14.2 Å². The van der Waals surface area contributed by atoms with Gasteiger partial charge in [0.2, 0.25) is 0 Å². The lowest BCUT2D eigenvalue weighted by Crippen LogP contribution is -2.22. The first kappa shape index (κ1) is 17.4. The fourth-order valence-corrected chi connectivity index (χ4v) is 2.23. The molecule has 0 spiro atoms. The highest BCUT2D eigenvalue weighted by atomic mass is 16.7. The molecule has 1 atom stereocenters. The molecule has 4 heteroatoms. The fraction of sp³-hybridized carbons (Fsp3) is 0.938. The topological polar surface area (TPSA) is 51.5 Å². The molecule has 1 fully saturated rings. The minimum absolute atomic E-state index is 0.0560. The maximum Gasteiger partial charge on any atom is 0.157 e. The molecule has 0 bridgehead atoms. The zero-order valence-corrected chi connectivity index (χ0v) is 12.6. The fourth-order valence-electron chi connectivity index (χ4n) is 2.23. The Morgan fingerprint density at radius 1 is 0.950 bits per heavy atom. The first-order valence-corrected chi connectivity index (χ1v) is 8.11. The molecule has 1 aliphatic rings. The molecule has 0 N–H and O–H groups in total. The van der Waals surface area contributed by atoms with Crippen molar-refractivity contribution in [1.29, 1.82) is 5.26 Å². The molecule has 0 saturated carbocycles. The van der Waals surface area contributed by atoms with Gasteiger partial charge >= 0.3 is 0 Å². The Hall–Kier alpha value is -0.630. The molecular formula is C16H29NO3. The molecular weight excluding hydrogens is 254 g/mol. The largest absolute Gasteiger partial charge is 0.381 e. The number of nitriles is 1. The van der Waals surface area contributed by atoms with Crippen LogP contribution < -0.4 is 0 Å². The molecule has 0 aromatic rings. The van der Waals surface area contributed by atoms with E-state index >= 15 is 0 Å². The van der Waals surface area contributed by atoms with Crippen molar-refractivity contribution in [3.63, 3.8) is 0 Å². The normalized spacial score (nSPS) is 18.9. The average molecular weight is 283 g/mol. The summed E-state index contributed by atoms with van der Waals surface area (Å²) in [6.45, 7) is 3.32. The van der Waals surface area contributed by atoms with Crippen LogP contribution in [0, 0.1) is 11.3 Å². The van der Waals surface area contributed by atoms with Crippen molar-refractivity contribution >= 4 is 0 Å². The smallest absolute Gasteiger partial charge is 0.157 e. The van der Waals surface area contributed by atoms with Gasteiger partial charge in [0.15, 0.2) is 6.29 Å². The maximum absolute atomic E-state index is 8.38. The Labute approximate surface area is 123 Å². The quantitative estimate of drug-likeness (QED) is 0.511. The molecule has 20 heavy (non-hydrogen) atoms. The van der Waals surface area contributed by atoms with Gasteiger partial charge in [-0.05, 0) is 44.9 Å². The van der Waals surface area contributed by atoms with Gasteiger partial charge in [-0.1, -0.05) is 12.8 Å².